The number of ether oxygens (including phenoxy) is 1. The first-order valence-corrected chi connectivity index (χ1v) is 6.06. The molecule has 0 saturated carbocycles. The molecule has 1 heterocycles. The number of nitrogens with zero attached hydrogens (tertiary/aromatic N) is 1. The van der Waals surface area contributed by atoms with Crippen LogP contribution in [0.25, 0.3) is 0 Å². The van der Waals surface area contributed by atoms with E-state index in [-0.39, 0.29) is 0 Å². The Morgan fingerprint density at radius 3 is 2.82 bits per heavy atom. The molecule has 1 aromatic heterocycles. The van der Waals surface area contributed by atoms with Crippen LogP contribution in [0.4, 0.5) is 5.82 Å². The van der Waals surface area contributed by atoms with Gasteiger partial charge in [-0.1, -0.05) is 34.1 Å². The predicted octanol–water partition coefficient (Wildman–Crippen LogP) is 3.14. The molecule has 0 fully saturated rings. The Kier molecular flexibility index (Phi) is 4.12. The molecule has 0 atom stereocenters. The number of aromatic nitrogens is 1. The Balaban J connectivity index is 1.90. The van der Waals surface area contributed by atoms with Crippen LogP contribution < -0.4 is 5.73 Å². The Hall–Kier alpha value is -1.39. The largest absolute Gasteiger partial charge is 0.383 e. The zero-order valence-corrected chi connectivity index (χ0v) is 10.9. The molecule has 0 amide bonds. The summed E-state index contributed by atoms with van der Waals surface area (Å²) in [6.45, 7) is 1.04. The molecule has 0 saturated heterocycles. The van der Waals surface area contributed by atoms with E-state index in [1.807, 2.05) is 36.4 Å². The second kappa shape index (κ2) is 5.80. The molecular weight excluding hydrogens is 280 g/mol. The van der Waals surface area contributed by atoms with Crippen molar-refractivity contribution in [1.82, 2.24) is 4.98 Å². The SMILES string of the molecule is Nc1ncccc1COCc1cccc(Br)c1. The van der Waals surface area contributed by atoms with E-state index in [2.05, 4.69) is 20.9 Å². The van der Waals surface area contributed by atoms with E-state index < -0.39 is 0 Å². The molecular formula is C13H13BrN2O. The Morgan fingerprint density at radius 1 is 1.18 bits per heavy atom. The number of anilines is 1. The van der Waals surface area contributed by atoms with Crippen molar-refractivity contribution in [3.63, 3.8) is 0 Å². The molecule has 0 spiro atoms. The van der Waals surface area contributed by atoms with Crippen molar-refractivity contribution < 1.29 is 4.74 Å². The highest BCUT2D eigenvalue weighted by Crippen LogP contribution is 2.14. The van der Waals surface area contributed by atoms with Crippen LogP contribution in [-0.2, 0) is 18.0 Å². The smallest absolute Gasteiger partial charge is 0.128 e. The van der Waals surface area contributed by atoms with Crippen molar-refractivity contribution in [1.29, 1.82) is 0 Å². The molecule has 2 aromatic rings. The van der Waals surface area contributed by atoms with Gasteiger partial charge in [0.25, 0.3) is 0 Å². The van der Waals surface area contributed by atoms with Gasteiger partial charge in [0.05, 0.1) is 13.2 Å². The lowest BCUT2D eigenvalue weighted by molar-refractivity contribution is 0.107. The standard InChI is InChI=1S/C13H13BrN2O/c14-12-5-1-3-10(7-12)8-17-9-11-4-2-6-16-13(11)15/h1-7H,8-9H2,(H2,15,16). The van der Waals surface area contributed by atoms with Gasteiger partial charge in [0.2, 0.25) is 0 Å². The Bertz CT molecular complexity index is 502. The van der Waals surface area contributed by atoms with E-state index in [1.165, 1.54) is 0 Å². The summed E-state index contributed by atoms with van der Waals surface area (Å²) >= 11 is 3.43. The first-order valence-electron chi connectivity index (χ1n) is 5.27. The van der Waals surface area contributed by atoms with E-state index >= 15 is 0 Å². The summed E-state index contributed by atoms with van der Waals surface area (Å²) in [6.07, 6.45) is 1.67. The van der Waals surface area contributed by atoms with Crippen molar-refractivity contribution in [3.05, 3.63) is 58.2 Å². The van der Waals surface area contributed by atoms with Gasteiger partial charge < -0.3 is 10.5 Å². The monoisotopic (exact) mass is 292 g/mol. The minimum atomic E-state index is 0.478. The van der Waals surface area contributed by atoms with Gasteiger partial charge in [-0.25, -0.2) is 4.98 Å². The Morgan fingerprint density at radius 2 is 2.06 bits per heavy atom. The van der Waals surface area contributed by atoms with Gasteiger partial charge in [-0.15, -0.1) is 0 Å². The van der Waals surface area contributed by atoms with Crippen LogP contribution in [0.5, 0.6) is 0 Å². The molecule has 0 radical (unpaired) electrons. The third-order valence-electron chi connectivity index (χ3n) is 2.34. The Labute approximate surface area is 109 Å². The third-order valence-corrected chi connectivity index (χ3v) is 2.83. The molecule has 0 bridgehead atoms. The van der Waals surface area contributed by atoms with Crippen LogP contribution >= 0.6 is 15.9 Å². The van der Waals surface area contributed by atoms with Crippen LogP contribution in [0.3, 0.4) is 0 Å². The molecule has 0 unspecified atom stereocenters. The first-order chi connectivity index (χ1) is 8.25. The number of nitrogen functional groups attached to an aromatic ring is 1. The lowest BCUT2D eigenvalue weighted by Crippen LogP contribution is -2.00. The van der Waals surface area contributed by atoms with E-state index in [1.54, 1.807) is 6.20 Å². The fourth-order valence-corrected chi connectivity index (χ4v) is 1.93. The van der Waals surface area contributed by atoms with Crippen molar-refractivity contribution in [2.45, 2.75) is 13.2 Å². The number of halogens is 1. The molecule has 3 nitrogen and oxygen atoms in total. The van der Waals surface area contributed by atoms with Gasteiger partial charge in [0, 0.05) is 16.2 Å². The van der Waals surface area contributed by atoms with Crippen LogP contribution in [0, 0.1) is 0 Å². The highest BCUT2D eigenvalue weighted by molar-refractivity contribution is 9.10. The molecule has 1 aromatic carbocycles. The van der Waals surface area contributed by atoms with Crippen LogP contribution in [0.15, 0.2) is 47.1 Å². The molecule has 0 aliphatic heterocycles. The maximum atomic E-state index is 5.73. The minimum absolute atomic E-state index is 0.478. The summed E-state index contributed by atoms with van der Waals surface area (Å²) < 4.78 is 6.66. The number of nitrogens with two attached hydrogens (primary N) is 1. The van der Waals surface area contributed by atoms with Gasteiger partial charge in [-0.05, 0) is 23.8 Å². The minimum Gasteiger partial charge on any atom is -0.383 e. The average molecular weight is 293 g/mol. The van der Waals surface area contributed by atoms with Crippen LogP contribution in [0.1, 0.15) is 11.1 Å². The van der Waals surface area contributed by atoms with Crippen LogP contribution in [0.2, 0.25) is 0 Å². The normalized spacial score (nSPS) is 10.4. The van der Waals surface area contributed by atoms with E-state index in [4.69, 9.17) is 10.5 Å². The highest BCUT2D eigenvalue weighted by Gasteiger charge is 2.00. The van der Waals surface area contributed by atoms with Crippen LogP contribution in [-0.4, -0.2) is 4.98 Å². The summed E-state index contributed by atoms with van der Waals surface area (Å²) in [5.41, 5.74) is 7.77. The van der Waals surface area contributed by atoms with Crippen molar-refractivity contribution in [2.75, 3.05) is 5.73 Å². The third kappa shape index (κ3) is 3.54. The quantitative estimate of drug-likeness (QED) is 0.942. The number of hydrogen-bond donors (Lipinski definition) is 1. The zero-order chi connectivity index (χ0) is 12.1. The summed E-state index contributed by atoms with van der Waals surface area (Å²) in [5, 5.41) is 0. The average Bonchev–Trinajstić information content (AvgIpc) is 2.32. The molecule has 2 N–H and O–H groups in total. The van der Waals surface area contributed by atoms with E-state index in [9.17, 15) is 0 Å². The highest BCUT2D eigenvalue weighted by atomic mass is 79.9. The van der Waals surface area contributed by atoms with E-state index in [0.717, 1.165) is 15.6 Å². The lowest BCUT2D eigenvalue weighted by Gasteiger charge is -2.06. The van der Waals surface area contributed by atoms with Crippen molar-refractivity contribution >= 4 is 21.7 Å². The molecule has 0 aliphatic rings. The van der Waals surface area contributed by atoms with Crippen molar-refractivity contribution in [3.8, 4) is 0 Å². The lowest BCUT2D eigenvalue weighted by atomic mass is 10.2. The second-order valence-corrected chi connectivity index (χ2v) is 4.59. The molecule has 0 aliphatic carbocycles. The number of pyridine rings is 1. The fourth-order valence-electron chi connectivity index (χ4n) is 1.48. The number of hydrogen-bond acceptors (Lipinski definition) is 3. The number of benzene rings is 1. The second-order valence-electron chi connectivity index (χ2n) is 3.67. The summed E-state index contributed by atoms with van der Waals surface area (Å²) in [6, 6.07) is 11.8. The number of rotatable bonds is 4. The summed E-state index contributed by atoms with van der Waals surface area (Å²) in [5.74, 6) is 0.529. The maximum absolute atomic E-state index is 5.73. The molecule has 2 rings (SSSR count). The molecule has 17 heavy (non-hydrogen) atoms. The van der Waals surface area contributed by atoms with Gasteiger partial charge in [-0.3, -0.25) is 0 Å². The summed E-state index contributed by atoms with van der Waals surface area (Å²) in [7, 11) is 0. The van der Waals surface area contributed by atoms with Gasteiger partial charge in [0.15, 0.2) is 0 Å². The van der Waals surface area contributed by atoms with Gasteiger partial charge in [0.1, 0.15) is 5.82 Å². The van der Waals surface area contributed by atoms with Gasteiger partial charge in [-0.2, -0.15) is 0 Å². The topological polar surface area (TPSA) is 48.1 Å². The maximum Gasteiger partial charge on any atom is 0.128 e. The van der Waals surface area contributed by atoms with E-state index in [0.29, 0.717) is 19.0 Å². The molecule has 4 heteroatoms. The predicted molar refractivity (Wildman–Crippen MR) is 71.3 cm³/mol. The zero-order valence-electron chi connectivity index (χ0n) is 9.27. The summed E-state index contributed by atoms with van der Waals surface area (Å²) in [4.78, 5) is 4.01. The molecule has 88 valence electrons. The fraction of sp³-hybridized carbons (Fsp3) is 0.154. The van der Waals surface area contributed by atoms with Gasteiger partial charge >= 0.3 is 0 Å². The first kappa shape index (κ1) is 12.1. The van der Waals surface area contributed by atoms with Crippen molar-refractivity contribution in [2.24, 2.45) is 0 Å².